The van der Waals surface area contributed by atoms with Gasteiger partial charge in [-0.15, -0.1) is 0 Å². The van der Waals surface area contributed by atoms with Gasteiger partial charge in [0.15, 0.2) is 0 Å². The second-order valence-electron chi connectivity index (χ2n) is 6.47. The number of benzene rings is 2. The molecule has 29 heavy (non-hydrogen) atoms. The summed E-state index contributed by atoms with van der Waals surface area (Å²) in [6.07, 6.45) is 3.88. The maximum absolute atomic E-state index is 13.0. The summed E-state index contributed by atoms with van der Waals surface area (Å²) >= 11 is 3.35. The molecule has 1 aliphatic rings. The Balaban J connectivity index is 1.63. The van der Waals surface area contributed by atoms with Gasteiger partial charge < -0.3 is 4.57 Å². The van der Waals surface area contributed by atoms with Gasteiger partial charge in [0.25, 0.3) is 5.91 Å². The molecular formula is C23H21N3OS2. The van der Waals surface area contributed by atoms with Crippen LogP contribution in [0.3, 0.4) is 0 Å². The van der Waals surface area contributed by atoms with E-state index in [9.17, 15) is 4.79 Å². The number of aromatic nitrogens is 1. The lowest BCUT2D eigenvalue weighted by molar-refractivity contribution is 0.0983. The second kappa shape index (κ2) is 9.75. The fourth-order valence-corrected chi connectivity index (χ4v) is 4.87. The normalized spacial score (nSPS) is 14.1. The van der Waals surface area contributed by atoms with E-state index < -0.39 is 0 Å². The Morgan fingerprint density at radius 1 is 0.931 bits per heavy atom. The molecule has 4 nitrogen and oxygen atoms in total. The zero-order chi connectivity index (χ0) is 19.9. The number of nitrogens with zero attached hydrogens (tertiary/aromatic N) is 2. The first-order chi connectivity index (χ1) is 14.3. The van der Waals surface area contributed by atoms with Crippen molar-refractivity contribution in [3.63, 3.8) is 0 Å². The molecule has 2 aromatic carbocycles. The molecule has 0 unspecified atom stereocenters. The van der Waals surface area contributed by atoms with Crippen molar-refractivity contribution in [2.75, 3.05) is 24.6 Å². The number of hydrogen-bond donors (Lipinski definition) is 1. The topological polar surface area (TPSA) is 37.3 Å². The van der Waals surface area contributed by atoms with E-state index >= 15 is 0 Å². The summed E-state index contributed by atoms with van der Waals surface area (Å²) in [6, 6.07) is 19.5. The van der Waals surface area contributed by atoms with Crippen LogP contribution in [0.15, 0.2) is 73.1 Å². The number of nitrogens with one attached hydrogen (secondary N) is 1. The molecule has 0 atom stereocenters. The number of carbonyl (C=O) groups excluding carboxylic acids is 1. The lowest BCUT2D eigenvalue weighted by Crippen LogP contribution is -2.31. The average molecular weight is 420 g/mol. The molecule has 1 N–H and O–H groups in total. The lowest BCUT2D eigenvalue weighted by Gasteiger charge is -2.24. The third-order valence-corrected chi connectivity index (χ3v) is 6.34. The fraction of sp³-hybridized carbons (Fsp3) is 0.174. The van der Waals surface area contributed by atoms with Crippen LogP contribution in [0.5, 0.6) is 0 Å². The number of para-hydroxylation sites is 1. The van der Waals surface area contributed by atoms with Crippen molar-refractivity contribution in [3.05, 3.63) is 89.7 Å². The van der Waals surface area contributed by atoms with Crippen LogP contribution in [-0.4, -0.2) is 39.4 Å². The van der Waals surface area contributed by atoms with Crippen molar-refractivity contribution in [2.24, 2.45) is 0 Å². The van der Waals surface area contributed by atoms with E-state index in [1.54, 1.807) is 0 Å². The van der Waals surface area contributed by atoms with Gasteiger partial charge in [-0.25, -0.2) is 4.31 Å². The maximum Gasteiger partial charge on any atom is 0.264 e. The van der Waals surface area contributed by atoms with Gasteiger partial charge >= 0.3 is 0 Å². The molecule has 1 fully saturated rings. The molecule has 0 spiro atoms. The van der Waals surface area contributed by atoms with Crippen LogP contribution in [0.25, 0.3) is 5.69 Å². The molecule has 0 radical (unpaired) electrons. The number of amides is 1. The Labute approximate surface area is 180 Å². The highest BCUT2D eigenvalue weighted by molar-refractivity contribution is 7.99. The molecule has 6 heteroatoms. The SMILES string of the molecule is O=C(NSN1CCSCC1)c1cccc(C#Cc2ccccc2)c1-n1cccc1. The minimum atomic E-state index is -0.111. The van der Waals surface area contributed by atoms with Crippen molar-refractivity contribution < 1.29 is 4.79 Å². The summed E-state index contributed by atoms with van der Waals surface area (Å²) in [5.41, 5.74) is 3.17. The third-order valence-electron chi connectivity index (χ3n) is 4.50. The van der Waals surface area contributed by atoms with Gasteiger partial charge in [0.05, 0.1) is 11.3 Å². The molecule has 4 rings (SSSR count). The Morgan fingerprint density at radius 3 is 2.45 bits per heavy atom. The lowest BCUT2D eigenvalue weighted by atomic mass is 10.1. The summed E-state index contributed by atoms with van der Waals surface area (Å²) in [6.45, 7) is 1.95. The first kappa shape index (κ1) is 19.7. The summed E-state index contributed by atoms with van der Waals surface area (Å²) in [7, 11) is 0. The molecule has 3 aromatic rings. The monoisotopic (exact) mass is 419 g/mol. The van der Waals surface area contributed by atoms with E-state index in [1.165, 1.54) is 12.1 Å². The Kier molecular flexibility index (Phi) is 6.63. The van der Waals surface area contributed by atoms with E-state index in [4.69, 9.17) is 0 Å². The van der Waals surface area contributed by atoms with Crippen molar-refractivity contribution >= 4 is 29.8 Å². The predicted octanol–water partition coefficient (Wildman–Crippen LogP) is 4.22. The first-order valence-corrected chi connectivity index (χ1v) is 11.4. The van der Waals surface area contributed by atoms with Gasteiger partial charge in [-0.1, -0.05) is 36.1 Å². The van der Waals surface area contributed by atoms with E-state index in [-0.39, 0.29) is 5.91 Å². The molecule has 2 heterocycles. The summed E-state index contributed by atoms with van der Waals surface area (Å²) in [5, 5.41) is 0. The second-order valence-corrected chi connectivity index (χ2v) is 8.60. The highest BCUT2D eigenvalue weighted by Crippen LogP contribution is 2.22. The number of rotatable bonds is 4. The zero-order valence-electron chi connectivity index (χ0n) is 15.9. The van der Waals surface area contributed by atoms with Crippen LogP contribution in [0, 0.1) is 11.8 Å². The molecule has 1 amide bonds. The van der Waals surface area contributed by atoms with E-state index in [2.05, 4.69) is 20.9 Å². The fourth-order valence-electron chi connectivity index (χ4n) is 3.05. The zero-order valence-corrected chi connectivity index (χ0v) is 17.5. The smallest absolute Gasteiger partial charge is 0.264 e. The average Bonchev–Trinajstić information content (AvgIpc) is 3.32. The van der Waals surface area contributed by atoms with Gasteiger partial charge in [-0.05, 0) is 36.4 Å². The molecule has 0 aliphatic carbocycles. The van der Waals surface area contributed by atoms with Crippen LogP contribution in [0.1, 0.15) is 21.5 Å². The Bertz CT molecular complexity index is 1020. The Hall–Kier alpha value is -2.59. The summed E-state index contributed by atoms with van der Waals surface area (Å²) < 4.78 is 7.15. The van der Waals surface area contributed by atoms with E-state index in [0.29, 0.717) is 5.56 Å². The van der Waals surface area contributed by atoms with Gasteiger partial charge in [0.1, 0.15) is 0 Å². The van der Waals surface area contributed by atoms with Crippen LogP contribution >= 0.6 is 23.9 Å². The molecule has 0 bridgehead atoms. The van der Waals surface area contributed by atoms with Crippen molar-refractivity contribution in [1.29, 1.82) is 0 Å². The van der Waals surface area contributed by atoms with E-state index in [1.807, 2.05) is 89.4 Å². The molecule has 1 aromatic heterocycles. The molecule has 1 aliphatic heterocycles. The number of thioether (sulfide) groups is 1. The van der Waals surface area contributed by atoms with Crippen LogP contribution in [-0.2, 0) is 0 Å². The van der Waals surface area contributed by atoms with Crippen molar-refractivity contribution in [3.8, 4) is 17.5 Å². The molecule has 1 saturated heterocycles. The largest absolute Gasteiger partial charge is 0.322 e. The van der Waals surface area contributed by atoms with Gasteiger partial charge in [0.2, 0.25) is 0 Å². The predicted molar refractivity (Wildman–Crippen MR) is 122 cm³/mol. The molecule has 0 saturated carbocycles. The van der Waals surface area contributed by atoms with Gasteiger partial charge in [-0.2, -0.15) is 11.8 Å². The minimum Gasteiger partial charge on any atom is -0.322 e. The van der Waals surface area contributed by atoms with Gasteiger partial charge in [0, 0.05) is 60.2 Å². The van der Waals surface area contributed by atoms with E-state index in [0.717, 1.165) is 41.4 Å². The number of carbonyl (C=O) groups is 1. The maximum atomic E-state index is 13.0. The summed E-state index contributed by atoms with van der Waals surface area (Å²) in [5.74, 6) is 8.54. The highest BCUT2D eigenvalue weighted by atomic mass is 32.2. The first-order valence-electron chi connectivity index (χ1n) is 9.45. The quantitative estimate of drug-likeness (QED) is 0.508. The molecule has 146 valence electrons. The standard InChI is InChI=1S/C23H21N3OS2/c27-23(24-29-26-15-17-28-18-16-26)21-10-6-9-20(22(21)25-13-4-5-14-25)12-11-19-7-2-1-3-8-19/h1-10,13-14H,15-18H2,(H,24,27). The Morgan fingerprint density at radius 2 is 1.69 bits per heavy atom. The van der Waals surface area contributed by atoms with Crippen LogP contribution < -0.4 is 4.72 Å². The minimum absolute atomic E-state index is 0.111. The number of hydrogen-bond acceptors (Lipinski definition) is 4. The third kappa shape index (κ3) is 5.07. The van der Waals surface area contributed by atoms with Crippen LogP contribution in [0.2, 0.25) is 0 Å². The van der Waals surface area contributed by atoms with Crippen molar-refractivity contribution in [2.45, 2.75) is 0 Å². The van der Waals surface area contributed by atoms with Gasteiger partial charge in [-0.3, -0.25) is 9.52 Å². The molecular weight excluding hydrogens is 398 g/mol. The van der Waals surface area contributed by atoms with Crippen molar-refractivity contribution in [1.82, 2.24) is 13.6 Å². The summed E-state index contributed by atoms with van der Waals surface area (Å²) in [4.78, 5) is 13.0. The highest BCUT2D eigenvalue weighted by Gasteiger charge is 2.18. The van der Waals surface area contributed by atoms with Crippen LogP contribution in [0.4, 0.5) is 0 Å².